The van der Waals surface area contributed by atoms with E-state index < -0.39 is 0 Å². The third-order valence-corrected chi connectivity index (χ3v) is 7.62. The lowest BCUT2D eigenvalue weighted by atomic mass is 9.86. The third kappa shape index (κ3) is 4.92. The number of fused-ring (bicyclic) bond motifs is 2. The molecule has 0 heterocycles. The molecular formula is C39H37N. The van der Waals surface area contributed by atoms with E-state index in [2.05, 4.69) is 159 Å². The van der Waals surface area contributed by atoms with E-state index in [9.17, 15) is 0 Å². The Morgan fingerprint density at radius 1 is 0.450 bits per heavy atom. The van der Waals surface area contributed by atoms with Gasteiger partial charge in [0.25, 0.3) is 0 Å². The van der Waals surface area contributed by atoms with Crippen LogP contribution in [0.25, 0.3) is 56.0 Å². The lowest BCUT2D eigenvalue weighted by molar-refractivity contribution is 1.21. The van der Waals surface area contributed by atoms with Crippen LogP contribution in [0, 0.1) is 0 Å². The largest absolute Gasteiger partial charge is 0.345 e. The van der Waals surface area contributed by atoms with E-state index in [1.54, 1.807) is 0 Å². The summed E-state index contributed by atoms with van der Waals surface area (Å²) in [5.41, 5.74) is 7.41. The molecule has 6 rings (SSSR count). The minimum atomic E-state index is 1.17. The van der Waals surface area contributed by atoms with Gasteiger partial charge in [0.2, 0.25) is 0 Å². The molecule has 0 aliphatic carbocycles. The zero-order valence-corrected chi connectivity index (χ0v) is 24.1. The molecule has 6 aromatic carbocycles. The minimum Gasteiger partial charge on any atom is -0.345 e. The molecular weight excluding hydrogens is 482 g/mol. The Labute approximate surface area is 238 Å². The van der Waals surface area contributed by atoms with Gasteiger partial charge in [0.15, 0.2) is 0 Å². The molecule has 0 aliphatic heterocycles. The van der Waals surface area contributed by atoms with Gasteiger partial charge in [0.1, 0.15) is 0 Å². The normalized spacial score (nSPS) is 11.9. The second-order valence-electron chi connectivity index (χ2n) is 9.70. The summed E-state index contributed by atoms with van der Waals surface area (Å²) in [6.45, 7) is 8.22. The Bertz CT molecular complexity index is 1820. The SMILES string of the molecule is C/C=c1/ccc(-c2c3ccccc3c(-c3ccc(N(C)c4ccccc4)cc3)c3ccccc23)c/c1=C/C.CC. The number of hydrogen-bond acceptors (Lipinski definition) is 1. The Morgan fingerprint density at radius 3 is 1.38 bits per heavy atom. The van der Waals surface area contributed by atoms with Crippen LogP contribution in [-0.4, -0.2) is 7.05 Å². The van der Waals surface area contributed by atoms with E-state index >= 15 is 0 Å². The summed E-state index contributed by atoms with van der Waals surface area (Å²) >= 11 is 0. The maximum Gasteiger partial charge on any atom is 0.0408 e. The average Bonchev–Trinajstić information content (AvgIpc) is 3.04. The summed E-state index contributed by atoms with van der Waals surface area (Å²) in [6, 6.07) is 44.0. The molecule has 0 N–H and O–H groups in total. The van der Waals surface area contributed by atoms with Gasteiger partial charge in [-0.2, -0.15) is 0 Å². The second-order valence-corrected chi connectivity index (χ2v) is 9.70. The summed E-state index contributed by atoms with van der Waals surface area (Å²) in [7, 11) is 2.12. The molecule has 1 nitrogen and oxygen atoms in total. The van der Waals surface area contributed by atoms with Crippen LogP contribution < -0.4 is 15.3 Å². The zero-order chi connectivity index (χ0) is 28.1. The molecule has 0 amide bonds. The maximum atomic E-state index is 2.33. The van der Waals surface area contributed by atoms with Crippen LogP contribution in [0.5, 0.6) is 0 Å². The van der Waals surface area contributed by atoms with Crippen molar-refractivity contribution >= 4 is 45.1 Å². The summed E-state index contributed by atoms with van der Waals surface area (Å²) < 4.78 is 0. The smallest absolute Gasteiger partial charge is 0.0408 e. The van der Waals surface area contributed by atoms with Crippen LogP contribution in [-0.2, 0) is 0 Å². The molecule has 1 heteroatoms. The van der Waals surface area contributed by atoms with Crippen LogP contribution in [0.2, 0.25) is 0 Å². The predicted octanol–water partition coefficient (Wildman–Crippen LogP) is 9.72. The van der Waals surface area contributed by atoms with Crippen molar-refractivity contribution < 1.29 is 0 Å². The van der Waals surface area contributed by atoms with E-state index in [0.29, 0.717) is 0 Å². The van der Waals surface area contributed by atoms with Crippen molar-refractivity contribution in [3.8, 4) is 22.3 Å². The number of nitrogens with zero attached hydrogens (tertiary/aromatic N) is 1. The van der Waals surface area contributed by atoms with Crippen molar-refractivity contribution in [2.45, 2.75) is 27.7 Å². The number of para-hydroxylation sites is 1. The van der Waals surface area contributed by atoms with Gasteiger partial charge < -0.3 is 4.90 Å². The van der Waals surface area contributed by atoms with Crippen molar-refractivity contribution in [1.29, 1.82) is 0 Å². The van der Waals surface area contributed by atoms with E-state index in [4.69, 9.17) is 0 Å². The molecule has 198 valence electrons. The van der Waals surface area contributed by atoms with Crippen LogP contribution in [0.15, 0.2) is 121 Å². The van der Waals surface area contributed by atoms with Crippen molar-refractivity contribution in [3.05, 3.63) is 132 Å². The van der Waals surface area contributed by atoms with Gasteiger partial charge in [0, 0.05) is 18.4 Å². The highest BCUT2D eigenvalue weighted by Crippen LogP contribution is 2.43. The summed E-state index contributed by atoms with van der Waals surface area (Å²) in [6.07, 6.45) is 4.38. The lowest BCUT2D eigenvalue weighted by Gasteiger charge is -2.21. The lowest BCUT2D eigenvalue weighted by Crippen LogP contribution is -2.23. The maximum absolute atomic E-state index is 2.33. The number of anilines is 2. The first kappa shape index (κ1) is 27.0. The summed E-state index contributed by atoms with van der Waals surface area (Å²) in [5.74, 6) is 0. The van der Waals surface area contributed by atoms with Gasteiger partial charge in [-0.05, 0) is 98.4 Å². The van der Waals surface area contributed by atoms with Gasteiger partial charge in [-0.25, -0.2) is 0 Å². The molecule has 0 spiro atoms. The predicted molar refractivity (Wildman–Crippen MR) is 178 cm³/mol. The molecule has 0 saturated carbocycles. The van der Waals surface area contributed by atoms with Crippen LogP contribution >= 0.6 is 0 Å². The van der Waals surface area contributed by atoms with Gasteiger partial charge in [-0.1, -0.05) is 117 Å². The van der Waals surface area contributed by atoms with Gasteiger partial charge >= 0.3 is 0 Å². The highest BCUT2D eigenvalue weighted by Gasteiger charge is 2.16. The Kier molecular flexibility index (Phi) is 8.12. The Balaban J connectivity index is 0.00000158. The average molecular weight is 520 g/mol. The number of rotatable bonds is 4. The fourth-order valence-electron chi connectivity index (χ4n) is 5.65. The van der Waals surface area contributed by atoms with E-state index in [-0.39, 0.29) is 0 Å². The molecule has 0 bridgehead atoms. The van der Waals surface area contributed by atoms with Gasteiger partial charge in [0.05, 0.1) is 0 Å². The first-order valence-corrected chi connectivity index (χ1v) is 14.3. The van der Waals surface area contributed by atoms with Crippen LogP contribution in [0.3, 0.4) is 0 Å². The second kappa shape index (κ2) is 12.1. The van der Waals surface area contributed by atoms with Crippen molar-refractivity contribution in [2.24, 2.45) is 0 Å². The summed E-state index contributed by atoms with van der Waals surface area (Å²) in [5, 5.41) is 7.64. The highest BCUT2D eigenvalue weighted by molar-refractivity contribution is 6.21. The molecule has 0 fully saturated rings. The van der Waals surface area contributed by atoms with E-state index in [1.165, 1.54) is 65.6 Å². The number of benzene rings is 6. The first-order valence-electron chi connectivity index (χ1n) is 14.3. The quantitative estimate of drug-likeness (QED) is 0.210. The van der Waals surface area contributed by atoms with Crippen LogP contribution in [0.4, 0.5) is 11.4 Å². The molecule has 0 radical (unpaired) electrons. The van der Waals surface area contributed by atoms with E-state index in [0.717, 1.165) is 0 Å². The van der Waals surface area contributed by atoms with Crippen LogP contribution in [0.1, 0.15) is 27.7 Å². The topological polar surface area (TPSA) is 3.24 Å². The molecule has 6 aromatic rings. The van der Waals surface area contributed by atoms with Gasteiger partial charge in [-0.3, -0.25) is 0 Å². The Hall–Kier alpha value is -4.62. The van der Waals surface area contributed by atoms with Crippen molar-refractivity contribution in [2.75, 3.05) is 11.9 Å². The highest BCUT2D eigenvalue weighted by atomic mass is 15.1. The van der Waals surface area contributed by atoms with E-state index in [1.807, 2.05) is 13.8 Å². The monoisotopic (exact) mass is 519 g/mol. The number of hydrogen-bond donors (Lipinski definition) is 0. The van der Waals surface area contributed by atoms with Crippen molar-refractivity contribution in [1.82, 2.24) is 0 Å². The minimum absolute atomic E-state index is 1.17. The molecule has 0 aliphatic rings. The first-order chi connectivity index (χ1) is 19.7. The molecule has 0 saturated heterocycles. The fraction of sp³-hybridized carbons (Fsp3) is 0.128. The molecule has 0 aromatic heterocycles. The molecule has 40 heavy (non-hydrogen) atoms. The fourth-order valence-corrected chi connectivity index (χ4v) is 5.65. The molecule has 0 unspecified atom stereocenters. The van der Waals surface area contributed by atoms with Crippen molar-refractivity contribution in [3.63, 3.8) is 0 Å². The Morgan fingerprint density at radius 2 is 0.875 bits per heavy atom. The summed E-state index contributed by atoms with van der Waals surface area (Å²) in [4.78, 5) is 2.23. The third-order valence-electron chi connectivity index (χ3n) is 7.62. The zero-order valence-electron chi connectivity index (χ0n) is 24.1. The standard InChI is InChI=1S/C37H31N.C2H6/c1-4-26-19-20-29(25-27(26)5-2)37-34-17-11-9-15-32(34)36(33-16-10-12-18-35(33)37)28-21-23-31(24-22-28)38(3)30-13-7-6-8-14-30;1-2/h4-25H,1-3H3;1-2H3/b26-4-,27-5-;. The molecule has 0 atom stereocenters. The van der Waals surface area contributed by atoms with Gasteiger partial charge in [-0.15, -0.1) is 0 Å².